The summed E-state index contributed by atoms with van der Waals surface area (Å²) in [6, 6.07) is 0. The maximum absolute atomic E-state index is 6.86. The number of hydrogen-bond donors (Lipinski definition) is 2. The number of nitrogens with two attached hydrogens (primary N) is 1. The first-order chi connectivity index (χ1) is 6.61. The minimum Gasteiger partial charge on any atom is -0.398 e. The summed E-state index contributed by atoms with van der Waals surface area (Å²) in [5.74, 6) is 0. The van der Waals surface area contributed by atoms with Crippen LogP contribution in [0.3, 0.4) is 0 Å². The fraction of sp³-hybridized carbons (Fsp3) is 0.250. The Morgan fingerprint density at radius 1 is 1.43 bits per heavy atom. The Labute approximate surface area is 86.0 Å². The van der Waals surface area contributed by atoms with Crippen molar-refractivity contribution in [1.82, 2.24) is 0 Å². The zero-order valence-corrected chi connectivity index (χ0v) is 8.88. The van der Waals surface area contributed by atoms with Gasteiger partial charge in [-0.15, -0.1) is 0 Å². The summed E-state index contributed by atoms with van der Waals surface area (Å²) in [6.07, 6.45) is 9.49. The van der Waals surface area contributed by atoms with Crippen molar-refractivity contribution < 1.29 is 0 Å². The van der Waals surface area contributed by atoms with Gasteiger partial charge in [-0.3, -0.25) is 0 Å². The Kier molecular flexibility index (Phi) is 6.12. The van der Waals surface area contributed by atoms with Crippen molar-refractivity contribution >= 4 is 6.21 Å². The van der Waals surface area contributed by atoms with Gasteiger partial charge in [0.1, 0.15) is 0 Å². The fourth-order valence-electron chi connectivity index (χ4n) is 0.764. The molecule has 0 rings (SSSR count). The molecule has 0 atom stereocenters. The molecular weight excluding hydrogens is 172 g/mol. The first kappa shape index (κ1) is 12.4. The fourth-order valence-corrected chi connectivity index (χ4v) is 0.764. The third-order valence-electron chi connectivity index (χ3n) is 1.85. The molecule has 0 saturated carbocycles. The Hall–Kier alpha value is -1.57. The second-order valence-corrected chi connectivity index (χ2v) is 3.01. The minimum atomic E-state index is 0.617. The maximum atomic E-state index is 6.86. The molecule has 0 radical (unpaired) electrons. The molecule has 0 saturated heterocycles. The highest BCUT2D eigenvalue weighted by molar-refractivity contribution is 5.70. The van der Waals surface area contributed by atoms with E-state index in [1.807, 2.05) is 25.2 Å². The van der Waals surface area contributed by atoms with Crippen molar-refractivity contribution in [2.24, 2.45) is 5.73 Å². The Balaban J connectivity index is 4.39. The minimum absolute atomic E-state index is 0.617. The molecular formula is C12H18N2. The lowest BCUT2D eigenvalue weighted by atomic mass is 10.1. The van der Waals surface area contributed by atoms with E-state index in [2.05, 4.69) is 13.5 Å². The maximum Gasteiger partial charge on any atom is 0.0358 e. The lowest BCUT2D eigenvalue weighted by Gasteiger charge is -1.97. The van der Waals surface area contributed by atoms with Crippen molar-refractivity contribution in [3.8, 4) is 0 Å². The largest absolute Gasteiger partial charge is 0.398 e. The molecule has 0 aromatic carbocycles. The van der Waals surface area contributed by atoms with Crippen LogP contribution in [0.15, 0.2) is 47.7 Å². The average molecular weight is 190 g/mol. The smallest absolute Gasteiger partial charge is 0.0358 e. The molecule has 2 heteroatoms. The summed E-state index contributed by atoms with van der Waals surface area (Å²) in [7, 11) is 0. The van der Waals surface area contributed by atoms with Gasteiger partial charge in [0.25, 0.3) is 0 Å². The van der Waals surface area contributed by atoms with E-state index in [1.54, 1.807) is 6.08 Å². The van der Waals surface area contributed by atoms with E-state index < -0.39 is 0 Å². The molecule has 0 heterocycles. The van der Waals surface area contributed by atoms with E-state index in [4.69, 9.17) is 11.1 Å². The van der Waals surface area contributed by atoms with Crippen LogP contribution < -0.4 is 5.73 Å². The van der Waals surface area contributed by atoms with Crippen molar-refractivity contribution in [1.29, 1.82) is 5.41 Å². The molecule has 0 fully saturated rings. The second-order valence-electron chi connectivity index (χ2n) is 3.01. The normalized spacial score (nSPS) is 13.3. The van der Waals surface area contributed by atoms with E-state index in [-0.39, 0.29) is 0 Å². The van der Waals surface area contributed by atoms with Gasteiger partial charge >= 0.3 is 0 Å². The van der Waals surface area contributed by atoms with Crippen LogP contribution in [0.1, 0.15) is 20.3 Å². The van der Waals surface area contributed by atoms with Crippen molar-refractivity contribution in [2.75, 3.05) is 0 Å². The molecule has 14 heavy (non-hydrogen) atoms. The molecule has 0 aromatic rings. The molecule has 0 aliphatic carbocycles. The van der Waals surface area contributed by atoms with Gasteiger partial charge in [0.2, 0.25) is 0 Å². The summed E-state index contributed by atoms with van der Waals surface area (Å²) in [5, 5.41) is 6.86. The molecule has 76 valence electrons. The summed E-state index contributed by atoms with van der Waals surface area (Å²) in [5.41, 5.74) is 8.32. The molecule has 3 N–H and O–H groups in total. The van der Waals surface area contributed by atoms with Crippen LogP contribution in [0.5, 0.6) is 0 Å². The Bertz CT molecular complexity index is 293. The number of allylic oxidation sites excluding steroid dienone is 6. The van der Waals surface area contributed by atoms with Crippen LogP contribution in [0.25, 0.3) is 0 Å². The molecule has 0 aromatic heterocycles. The van der Waals surface area contributed by atoms with Gasteiger partial charge in [-0.25, -0.2) is 0 Å². The monoisotopic (exact) mass is 190 g/mol. The topological polar surface area (TPSA) is 49.9 Å². The number of rotatable bonds is 5. The predicted octanol–water partition coefficient (Wildman–Crippen LogP) is 2.95. The Morgan fingerprint density at radius 2 is 2.07 bits per heavy atom. The quantitative estimate of drug-likeness (QED) is 0.508. The van der Waals surface area contributed by atoms with E-state index in [1.165, 1.54) is 6.21 Å². The molecule has 0 unspecified atom stereocenters. The third-order valence-corrected chi connectivity index (χ3v) is 1.85. The first-order valence-corrected chi connectivity index (χ1v) is 4.61. The third kappa shape index (κ3) is 5.14. The Morgan fingerprint density at radius 3 is 2.57 bits per heavy atom. The van der Waals surface area contributed by atoms with E-state index in [0.717, 1.165) is 17.6 Å². The van der Waals surface area contributed by atoms with E-state index >= 15 is 0 Å². The predicted molar refractivity (Wildman–Crippen MR) is 63.4 cm³/mol. The standard InChI is InChI=1S/C12H18N2/c1-4-10(2)6-5-7-11(3)12(14)8-9-13/h5-9,13H,2,4,14H2,1,3H3/b6-5-,11-7+,12-8-,13-9?. The second kappa shape index (κ2) is 6.89. The van der Waals surface area contributed by atoms with Gasteiger partial charge in [-0.1, -0.05) is 37.3 Å². The zero-order chi connectivity index (χ0) is 11.0. The van der Waals surface area contributed by atoms with Gasteiger partial charge in [0.15, 0.2) is 0 Å². The van der Waals surface area contributed by atoms with Crippen molar-refractivity contribution in [3.63, 3.8) is 0 Å². The average Bonchev–Trinajstić information content (AvgIpc) is 2.17. The van der Waals surface area contributed by atoms with E-state index in [0.29, 0.717) is 5.70 Å². The van der Waals surface area contributed by atoms with Crippen molar-refractivity contribution in [2.45, 2.75) is 20.3 Å². The SMILES string of the molecule is C=C(\C=C/C=C(C)/C(N)=C/C=N)CC. The highest BCUT2D eigenvalue weighted by Gasteiger charge is 1.89. The van der Waals surface area contributed by atoms with Gasteiger partial charge in [0.05, 0.1) is 0 Å². The molecule has 0 bridgehead atoms. The zero-order valence-electron chi connectivity index (χ0n) is 8.88. The molecule has 0 spiro atoms. The molecule has 0 amide bonds. The summed E-state index contributed by atoms with van der Waals surface area (Å²) >= 11 is 0. The van der Waals surface area contributed by atoms with Crippen LogP contribution in [0.4, 0.5) is 0 Å². The summed E-state index contributed by atoms with van der Waals surface area (Å²) in [6.45, 7) is 7.83. The number of hydrogen-bond acceptors (Lipinski definition) is 2. The van der Waals surface area contributed by atoms with Gasteiger partial charge in [-0.2, -0.15) is 0 Å². The van der Waals surface area contributed by atoms with Crippen LogP contribution in [0.2, 0.25) is 0 Å². The first-order valence-electron chi connectivity index (χ1n) is 4.61. The molecule has 2 nitrogen and oxygen atoms in total. The number of nitrogens with one attached hydrogen (secondary N) is 1. The van der Waals surface area contributed by atoms with Gasteiger partial charge in [0, 0.05) is 11.9 Å². The van der Waals surface area contributed by atoms with Crippen LogP contribution in [-0.4, -0.2) is 6.21 Å². The van der Waals surface area contributed by atoms with Gasteiger partial charge in [-0.05, 0) is 25.0 Å². The summed E-state index contributed by atoms with van der Waals surface area (Å²) in [4.78, 5) is 0. The highest BCUT2D eigenvalue weighted by Crippen LogP contribution is 2.03. The van der Waals surface area contributed by atoms with Gasteiger partial charge < -0.3 is 11.1 Å². The molecule has 0 aliphatic rings. The van der Waals surface area contributed by atoms with E-state index in [9.17, 15) is 0 Å². The highest BCUT2D eigenvalue weighted by atomic mass is 14.6. The van der Waals surface area contributed by atoms with Crippen LogP contribution in [-0.2, 0) is 0 Å². The lowest BCUT2D eigenvalue weighted by molar-refractivity contribution is 1.16. The molecule has 0 aliphatic heterocycles. The van der Waals surface area contributed by atoms with Crippen molar-refractivity contribution in [3.05, 3.63) is 47.7 Å². The van der Waals surface area contributed by atoms with Crippen LogP contribution >= 0.6 is 0 Å². The van der Waals surface area contributed by atoms with Crippen LogP contribution in [0, 0.1) is 5.41 Å². The lowest BCUT2D eigenvalue weighted by Crippen LogP contribution is -1.98. The summed E-state index contributed by atoms with van der Waals surface area (Å²) < 4.78 is 0.